The molecule has 1 N–H and O–H groups in total. The molecule has 0 atom stereocenters. The van der Waals surface area contributed by atoms with Gasteiger partial charge in [-0.1, -0.05) is 53.7 Å². The Balaban J connectivity index is 1.60. The van der Waals surface area contributed by atoms with E-state index in [9.17, 15) is 18.0 Å². The average Bonchev–Trinajstić information content (AvgIpc) is 3.01. The number of carbonyl (C=O) groups is 1. The van der Waals surface area contributed by atoms with Crippen LogP contribution in [0.25, 0.3) is 0 Å². The van der Waals surface area contributed by atoms with Crippen molar-refractivity contribution in [3.63, 3.8) is 0 Å². The summed E-state index contributed by atoms with van der Waals surface area (Å²) in [7, 11) is 1.80. The van der Waals surface area contributed by atoms with Crippen molar-refractivity contribution in [2.75, 3.05) is 11.1 Å². The highest BCUT2D eigenvalue weighted by Crippen LogP contribution is 2.36. The average molecular weight is 441 g/mol. The van der Waals surface area contributed by atoms with Crippen LogP contribution in [0.3, 0.4) is 0 Å². The first-order valence-electron chi connectivity index (χ1n) is 8.45. The summed E-state index contributed by atoms with van der Waals surface area (Å²) < 4.78 is 40.5. The Morgan fingerprint density at radius 1 is 1.17 bits per heavy atom. The van der Waals surface area contributed by atoms with Crippen molar-refractivity contribution in [1.29, 1.82) is 0 Å². The van der Waals surface area contributed by atoms with Crippen molar-refractivity contribution >= 4 is 35.0 Å². The highest BCUT2D eigenvalue weighted by atomic mass is 35.5. The summed E-state index contributed by atoms with van der Waals surface area (Å²) in [4.78, 5) is 12.1. The summed E-state index contributed by atoms with van der Waals surface area (Å²) >= 11 is 6.73. The second-order valence-corrected chi connectivity index (χ2v) is 7.50. The zero-order chi connectivity index (χ0) is 21.0. The molecule has 3 rings (SSSR count). The van der Waals surface area contributed by atoms with Crippen LogP contribution in [-0.2, 0) is 24.4 Å². The van der Waals surface area contributed by atoms with Gasteiger partial charge in [-0.2, -0.15) is 13.2 Å². The first-order chi connectivity index (χ1) is 13.7. The third-order valence-electron chi connectivity index (χ3n) is 4.02. The van der Waals surface area contributed by atoms with Crippen LogP contribution in [-0.4, -0.2) is 26.4 Å². The highest BCUT2D eigenvalue weighted by Gasteiger charge is 2.33. The zero-order valence-electron chi connectivity index (χ0n) is 15.2. The summed E-state index contributed by atoms with van der Waals surface area (Å²) in [5.41, 5.74) is 0.110. The number of aromatic nitrogens is 3. The molecule has 5 nitrogen and oxygen atoms in total. The second-order valence-electron chi connectivity index (χ2n) is 6.15. The number of hydrogen-bond donors (Lipinski definition) is 1. The van der Waals surface area contributed by atoms with Crippen LogP contribution in [0, 0.1) is 0 Å². The van der Waals surface area contributed by atoms with Crippen LogP contribution in [0.2, 0.25) is 5.02 Å². The van der Waals surface area contributed by atoms with Crippen LogP contribution in [0.5, 0.6) is 0 Å². The number of nitrogens with zero attached hydrogens (tertiary/aromatic N) is 3. The lowest BCUT2D eigenvalue weighted by Gasteiger charge is -2.11. The van der Waals surface area contributed by atoms with Crippen molar-refractivity contribution in [2.24, 2.45) is 7.05 Å². The van der Waals surface area contributed by atoms with E-state index in [4.69, 9.17) is 11.6 Å². The lowest BCUT2D eigenvalue weighted by molar-refractivity contribution is -0.137. The van der Waals surface area contributed by atoms with Crippen LogP contribution in [0.1, 0.15) is 17.0 Å². The van der Waals surface area contributed by atoms with Crippen molar-refractivity contribution in [3.05, 3.63) is 70.5 Å². The molecule has 0 saturated heterocycles. The molecule has 152 valence electrons. The monoisotopic (exact) mass is 440 g/mol. The van der Waals surface area contributed by atoms with Gasteiger partial charge in [0.05, 0.1) is 16.3 Å². The number of halogens is 4. The lowest BCUT2D eigenvalue weighted by atomic mass is 10.1. The van der Waals surface area contributed by atoms with Crippen molar-refractivity contribution in [3.8, 4) is 0 Å². The van der Waals surface area contributed by atoms with Gasteiger partial charge in [0.15, 0.2) is 5.16 Å². The van der Waals surface area contributed by atoms with Gasteiger partial charge < -0.3 is 9.88 Å². The Labute approximate surface area is 174 Å². The van der Waals surface area contributed by atoms with E-state index in [0.717, 1.165) is 35.3 Å². The quantitative estimate of drug-likeness (QED) is 0.559. The Bertz CT molecular complexity index is 1010. The molecule has 0 spiro atoms. The van der Waals surface area contributed by atoms with E-state index >= 15 is 0 Å². The first kappa shape index (κ1) is 21.2. The maximum atomic E-state index is 12.9. The fourth-order valence-electron chi connectivity index (χ4n) is 2.55. The minimum Gasteiger partial charge on any atom is -0.325 e. The number of hydrogen-bond acceptors (Lipinski definition) is 4. The van der Waals surface area contributed by atoms with Gasteiger partial charge in [-0.05, 0) is 23.8 Å². The molecule has 0 fully saturated rings. The van der Waals surface area contributed by atoms with E-state index in [1.165, 1.54) is 6.07 Å². The van der Waals surface area contributed by atoms with Gasteiger partial charge in [-0.25, -0.2) is 0 Å². The van der Waals surface area contributed by atoms with Crippen LogP contribution in [0.4, 0.5) is 18.9 Å². The van der Waals surface area contributed by atoms with Gasteiger partial charge in [0.1, 0.15) is 5.82 Å². The molecule has 0 aliphatic carbocycles. The second kappa shape index (κ2) is 8.87. The van der Waals surface area contributed by atoms with Gasteiger partial charge in [0.2, 0.25) is 5.91 Å². The summed E-state index contributed by atoms with van der Waals surface area (Å²) in [5.74, 6) is 0.256. The number of thioether (sulfide) groups is 1. The van der Waals surface area contributed by atoms with Gasteiger partial charge in [0.25, 0.3) is 0 Å². The largest absolute Gasteiger partial charge is 0.417 e. The molecule has 0 radical (unpaired) electrons. The number of alkyl halides is 3. The fraction of sp³-hybridized carbons (Fsp3) is 0.211. The maximum Gasteiger partial charge on any atom is 0.417 e. The molecule has 0 saturated carbocycles. The van der Waals surface area contributed by atoms with E-state index in [1.807, 2.05) is 30.3 Å². The van der Waals surface area contributed by atoms with Crippen molar-refractivity contribution < 1.29 is 18.0 Å². The molecule has 2 aromatic carbocycles. The van der Waals surface area contributed by atoms with Gasteiger partial charge in [-0.15, -0.1) is 10.2 Å². The highest BCUT2D eigenvalue weighted by molar-refractivity contribution is 7.99. The number of rotatable bonds is 6. The molecule has 0 aliphatic heterocycles. The number of benzene rings is 2. The van der Waals surface area contributed by atoms with E-state index in [-0.39, 0.29) is 11.4 Å². The molecule has 1 aromatic heterocycles. The fourth-order valence-corrected chi connectivity index (χ4v) is 3.51. The van der Waals surface area contributed by atoms with E-state index in [0.29, 0.717) is 11.6 Å². The van der Waals surface area contributed by atoms with Crippen LogP contribution in [0.15, 0.2) is 53.7 Å². The summed E-state index contributed by atoms with van der Waals surface area (Å²) in [6.07, 6.45) is -4.00. The number of amides is 1. The third-order valence-corrected chi connectivity index (χ3v) is 5.37. The van der Waals surface area contributed by atoms with Gasteiger partial charge >= 0.3 is 6.18 Å². The zero-order valence-corrected chi connectivity index (χ0v) is 16.8. The molecule has 1 amide bonds. The molecule has 0 bridgehead atoms. The Kier molecular flexibility index (Phi) is 6.49. The molecule has 0 aliphatic rings. The van der Waals surface area contributed by atoms with Gasteiger partial charge in [0, 0.05) is 19.2 Å². The number of carbonyl (C=O) groups excluding carboxylic acids is 1. The molecular weight excluding hydrogens is 425 g/mol. The summed E-state index contributed by atoms with van der Waals surface area (Å²) in [5, 5.41) is 10.8. The first-order valence-corrected chi connectivity index (χ1v) is 9.82. The smallest absolute Gasteiger partial charge is 0.325 e. The number of nitrogens with one attached hydrogen (secondary N) is 1. The minimum atomic E-state index is -4.60. The Morgan fingerprint density at radius 3 is 2.59 bits per heavy atom. The van der Waals surface area contributed by atoms with Crippen LogP contribution >= 0.6 is 23.4 Å². The summed E-state index contributed by atoms with van der Waals surface area (Å²) in [6, 6.07) is 13.0. The van der Waals surface area contributed by atoms with Gasteiger partial charge in [-0.3, -0.25) is 4.79 Å². The molecule has 10 heteroatoms. The molecule has 1 heterocycles. The molecule has 3 aromatic rings. The molecule has 29 heavy (non-hydrogen) atoms. The topological polar surface area (TPSA) is 59.8 Å². The third kappa shape index (κ3) is 5.51. The minimum absolute atomic E-state index is 0.0232. The predicted molar refractivity (Wildman–Crippen MR) is 106 cm³/mol. The number of anilines is 1. The molecule has 0 unspecified atom stereocenters. The maximum absolute atomic E-state index is 12.9. The van der Waals surface area contributed by atoms with E-state index < -0.39 is 22.7 Å². The standard InChI is InChI=1S/C19H16ClF3N4OS/c1-27-16(9-12-5-3-2-4-6-12)25-26-18(27)29-11-17(28)24-13-7-8-15(20)14(10-13)19(21,22)23/h2-8,10H,9,11H2,1H3,(H,24,28). The Morgan fingerprint density at radius 2 is 1.90 bits per heavy atom. The van der Waals surface area contributed by atoms with Crippen molar-refractivity contribution in [2.45, 2.75) is 17.8 Å². The SMILES string of the molecule is Cn1c(Cc2ccccc2)nnc1SCC(=O)Nc1ccc(Cl)c(C(F)(F)F)c1. The lowest BCUT2D eigenvalue weighted by Crippen LogP contribution is -2.15. The van der Waals surface area contributed by atoms with E-state index in [1.54, 1.807) is 11.6 Å². The summed E-state index contributed by atoms with van der Waals surface area (Å²) in [6.45, 7) is 0. The molecular formula is C19H16ClF3N4OS. The van der Waals surface area contributed by atoms with Crippen molar-refractivity contribution in [1.82, 2.24) is 14.8 Å². The van der Waals surface area contributed by atoms with E-state index in [2.05, 4.69) is 15.5 Å². The normalized spacial score (nSPS) is 11.5. The van der Waals surface area contributed by atoms with Crippen LogP contribution < -0.4 is 5.32 Å². The Hall–Kier alpha value is -2.52. The predicted octanol–water partition coefficient (Wildman–Crippen LogP) is 4.81.